The standard InChI is InChI=1S/C16H21ClN2O3/c1-10-7-11(2)15(12(17)8-10)18-14(20)9-19-6-4-3-5-13(19)16(21)22/h7-8,13H,3-6,9H2,1-2H3,(H,18,20)(H,21,22). The highest BCUT2D eigenvalue weighted by atomic mass is 35.5. The molecule has 1 saturated heterocycles. The van der Waals surface area contributed by atoms with Crippen molar-refractivity contribution in [3.8, 4) is 0 Å². The second kappa shape index (κ2) is 7.11. The highest BCUT2D eigenvalue weighted by molar-refractivity contribution is 6.34. The molecule has 6 heteroatoms. The van der Waals surface area contributed by atoms with Gasteiger partial charge in [0.1, 0.15) is 6.04 Å². The van der Waals surface area contributed by atoms with Gasteiger partial charge in [-0.3, -0.25) is 14.5 Å². The number of anilines is 1. The first-order valence-corrected chi connectivity index (χ1v) is 7.79. The molecule has 0 aliphatic carbocycles. The van der Waals surface area contributed by atoms with E-state index >= 15 is 0 Å². The molecule has 0 saturated carbocycles. The van der Waals surface area contributed by atoms with Gasteiger partial charge in [0, 0.05) is 0 Å². The molecular formula is C16H21ClN2O3. The van der Waals surface area contributed by atoms with Crippen molar-refractivity contribution >= 4 is 29.2 Å². The molecule has 0 aromatic heterocycles. The Hall–Kier alpha value is -1.59. The first-order valence-electron chi connectivity index (χ1n) is 7.42. The molecule has 1 aromatic rings. The van der Waals surface area contributed by atoms with E-state index in [1.807, 2.05) is 19.9 Å². The molecule has 5 nitrogen and oxygen atoms in total. The number of hydrogen-bond acceptors (Lipinski definition) is 3. The molecule has 1 aromatic carbocycles. The Morgan fingerprint density at radius 2 is 2.09 bits per heavy atom. The Bertz CT molecular complexity index is 566. The van der Waals surface area contributed by atoms with Crippen molar-refractivity contribution in [2.45, 2.75) is 39.2 Å². The fourth-order valence-corrected chi connectivity index (χ4v) is 3.27. The molecule has 1 fully saturated rings. The van der Waals surface area contributed by atoms with Gasteiger partial charge < -0.3 is 10.4 Å². The van der Waals surface area contributed by atoms with Gasteiger partial charge in [-0.05, 0) is 50.4 Å². The largest absolute Gasteiger partial charge is 0.480 e. The Morgan fingerprint density at radius 3 is 2.73 bits per heavy atom. The summed E-state index contributed by atoms with van der Waals surface area (Å²) in [5.74, 6) is -1.10. The van der Waals surface area contributed by atoms with E-state index < -0.39 is 12.0 Å². The fourth-order valence-electron chi connectivity index (χ4n) is 2.90. The van der Waals surface area contributed by atoms with Crippen molar-refractivity contribution in [2.24, 2.45) is 0 Å². The maximum atomic E-state index is 12.2. The number of carbonyl (C=O) groups excluding carboxylic acids is 1. The zero-order valence-corrected chi connectivity index (χ0v) is 13.6. The van der Waals surface area contributed by atoms with Gasteiger partial charge in [-0.2, -0.15) is 0 Å². The molecule has 22 heavy (non-hydrogen) atoms. The van der Waals surface area contributed by atoms with Crippen molar-refractivity contribution in [3.05, 3.63) is 28.3 Å². The van der Waals surface area contributed by atoms with E-state index in [0.717, 1.165) is 24.0 Å². The van der Waals surface area contributed by atoms with Crippen LogP contribution in [0.25, 0.3) is 0 Å². The number of nitrogens with one attached hydrogen (secondary N) is 1. The summed E-state index contributed by atoms with van der Waals surface area (Å²) in [6.07, 6.45) is 2.40. The lowest BCUT2D eigenvalue weighted by Gasteiger charge is -2.32. The lowest BCUT2D eigenvalue weighted by molar-refractivity contribution is -0.145. The van der Waals surface area contributed by atoms with Crippen LogP contribution in [0.4, 0.5) is 5.69 Å². The van der Waals surface area contributed by atoms with Crippen LogP contribution in [0.2, 0.25) is 5.02 Å². The number of piperidine rings is 1. The molecule has 0 spiro atoms. The van der Waals surface area contributed by atoms with Crippen LogP contribution in [0, 0.1) is 13.8 Å². The van der Waals surface area contributed by atoms with Crippen molar-refractivity contribution < 1.29 is 14.7 Å². The molecule has 1 atom stereocenters. The van der Waals surface area contributed by atoms with E-state index in [2.05, 4.69) is 5.32 Å². The zero-order chi connectivity index (χ0) is 16.3. The van der Waals surface area contributed by atoms with Crippen LogP contribution in [0.1, 0.15) is 30.4 Å². The van der Waals surface area contributed by atoms with Gasteiger partial charge in [-0.25, -0.2) is 0 Å². The number of rotatable bonds is 4. The van der Waals surface area contributed by atoms with Crippen LogP contribution >= 0.6 is 11.6 Å². The Labute approximate surface area is 135 Å². The number of benzene rings is 1. The molecule has 1 amide bonds. The molecule has 2 N–H and O–H groups in total. The maximum Gasteiger partial charge on any atom is 0.320 e. The Morgan fingerprint density at radius 1 is 1.36 bits per heavy atom. The van der Waals surface area contributed by atoms with Crippen molar-refractivity contribution in [3.63, 3.8) is 0 Å². The summed E-state index contributed by atoms with van der Waals surface area (Å²) in [6.45, 7) is 4.52. The maximum absolute atomic E-state index is 12.2. The lowest BCUT2D eigenvalue weighted by Crippen LogP contribution is -2.47. The third kappa shape index (κ3) is 3.99. The number of aliphatic carboxylic acids is 1. The van der Waals surface area contributed by atoms with E-state index in [1.54, 1.807) is 11.0 Å². The minimum absolute atomic E-state index is 0.0701. The first-order chi connectivity index (χ1) is 10.4. The third-order valence-electron chi connectivity index (χ3n) is 3.94. The van der Waals surface area contributed by atoms with E-state index in [9.17, 15) is 14.7 Å². The van der Waals surface area contributed by atoms with Gasteiger partial charge in [-0.1, -0.05) is 24.1 Å². The third-order valence-corrected chi connectivity index (χ3v) is 4.24. The second-order valence-electron chi connectivity index (χ2n) is 5.81. The van der Waals surface area contributed by atoms with Crippen LogP contribution < -0.4 is 5.32 Å². The topological polar surface area (TPSA) is 69.6 Å². The summed E-state index contributed by atoms with van der Waals surface area (Å²) in [5, 5.41) is 12.5. The van der Waals surface area contributed by atoms with Crippen molar-refractivity contribution in [1.82, 2.24) is 4.90 Å². The minimum atomic E-state index is -0.864. The number of amides is 1. The Kier molecular flexibility index (Phi) is 5.42. The summed E-state index contributed by atoms with van der Waals surface area (Å²) in [7, 11) is 0. The van der Waals surface area contributed by atoms with Gasteiger partial charge in [0.2, 0.25) is 5.91 Å². The van der Waals surface area contributed by atoms with Gasteiger partial charge >= 0.3 is 5.97 Å². The van der Waals surface area contributed by atoms with Crippen LogP contribution in [0.5, 0.6) is 0 Å². The predicted molar refractivity (Wildman–Crippen MR) is 86.4 cm³/mol. The van der Waals surface area contributed by atoms with Gasteiger partial charge in [-0.15, -0.1) is 0 Å². The molecular weight excluding hydrogens is 304 g/mol. The van der Waals surface area contributed by atoms with Gasteiger partial charge in [0.05, 0.1) is 17.3 Å². The highest BCUT2D eigenvalue weighted by Crippen LogP contribution is 2.27. The summed E-state index contributed by atoms with van der Waals surface area (Å²) < 4.78 is 0. The molecule has 1 aliphatic rings. The van der Waals surface area contributed by atoms with Gasteiger partial charge in [0.15, 0.2) is 0 Å². The summed E-state index contributed by atoms with van der Waals surface area (Å²) in [4.78, 5) is 25.2. The SMILES string of the molecule is Cc1cc(C)c(NC(=O)CN2CCCCC2C(=O)O)c(Cl)c1. The molecule has 1 unspecified atom stereocenters. The normalized spacial score (nSPS) is 19.0. The number of aryl methyl sites for hydroxylation is 2. The molecule has 0 radical (unpaired) electrons. The van der Waals surface area contributed by atoms with E-state index in [-0.39, 0.29) is 12.5 Å². The smallest absolute Gasteiger partial charge is 0.320 e. The van der Waals surface area contributed by atoms with E-state index in [0.29, 0.717) is 23.7 Å². The number of nitrogens with zero attached hydrogens (tertiary/aromatic N) is 1. The molecule has 0 bridgehead atoms. The van der Waals surface area contributed by atoms with Crippen LogP contribution in [-0.4, -0.2) is 41.0 Å². The number of halogens is 1. The zero-order valence-electron chi connectivity index (χ0n) is 12.9. The van der Waals surface area contributed by atoms with Crippen LogP contribution in [0.3, 0.4) is 0 Å². The highest BCUT2D eigenvalue weighted by Gasteiger charge is 2.29. The van der Waals surface area contributed by atoms with Crippen molar-refractivity contribution in [2.75, 3.05) is 18.4 Å². The number of carboxylic acids is 1. The number of carbonyl (C=O) groups is 2. The number of carboxylic acid groups (broad SMARTS) is 1. The predicted octanol–water partition coefficient (Wildman–Crippen LogP) is 2.83. The summed E-state index contributed by atoms with van der Waals surface area (Å²) in [6, 6.07) is 3.17. The summed E-state index contributed by atoms with van der Waals surface area (Å²) in [5.41, 5.74) is 2.52. The average molecular weight is 325 g/mol. The van der Waals surface area contributed by atoms with E-state index in [1.165, 1.54) is 0 Å². The average Bonchev–Trinajstić information content (AvgIpc) is 2.43. The minimum Gasteiger partial charge on any atom is -0.480 e. The first kappa shape index (κ1) is 16.8. The van der Waals surface area contributed by atoms with Crippen LogP contribution in [0.15, 0.2) is 12.1 Å². The molecule has 2 rings (SSSR count). The van der Waals surface area contributed by atoms with Gasteiger partial charge in [0.25, 0.3) is 0 Å². The Balaban J connectivity index is 2.05. The lowest BCUT2D eigenvalue weighted by atomic mass is 10.0. The quantitative estimate of drug-likeness (QED) is 0.893. The fraction of sp³-hybridized carbons (Fsp3) is 0.500. The van der Waals surface area contributed by atoms with Crippen LogP contribution in [-0.2, 0) is 9.59 Å². The summed E-state index contributed by atoms with van der Waals surface area (Å²) >= 11 is 6.18. The molecule has 1 aliphatic heterocycles. The molecule has 1 heterocycles. The molecule has 120 valence electrons. The number of likely N-dealkylation sites (tertiary alicyclic amines) is 1. The van der Waals surface area contributed by atoms with E-state index in [4.69, 9.17) is 11.6 Å². The number of hydrogen-bond donors (Lipinski definition) is 2. The monoisotopic (exact) mass is 324 g/mol. The second-order valence-corrected chi connectivity index (χ2v) is 6.21. The van der Waals surface area contributed by atoms with Crippen molar-refractivity contribution in [1.29, 1.82) is 0 Å².